The monoisotopic (exact) mass is 428 g/mol. The van der Waals surface area contributed by atoms with Crippen LogP contribution >= 0.6 is 12.4 Å². The van der Waals surface area contributed by atoms with Crippen molar-refractivity contribution < 1.29 is 8.42 Å². The molecule has 0 saturated heterocycles. The second-order valence-corrected chi connectivity index (χ2v) is 8.20. The number of nitrogens with one attached hydrogen (secondary N) is 2. The van der Waals surface area contributed by atoms with Crippen LogP contribution in [0.4, 0.5) is 17.1 Å². The van der Waals surface area contributed by atoms with Gasteiger partial charge in [0, 0.05) is 28.7 Å². The Labute approximate surface area is 175 Å². The first-order valence-electron chi connectivity index (χ1n) is 8.92. The summed E-state index contributed by atoms with van der Waals surface area (Å²) in [5.41, 5.74) is 9.92. The summed E-state index contributed by atoms with van der Waals surface area (Å²) in [7, 11) is -3.48. The summed E-state index contributed by atoms with van der Waals surface area (Å²) in [6, 6.07) is 20.2. The summed E-state index contributed by atoms with van der Waals surface area (Å²) in [6.45, 7) is 2.10. The van der Waals surface area contributed by atoms with E-state index >= 15 is 0 Å². The van der Waals surface area contributed by atoms with Crippen LogP contribution < -0.4 is 15.8 Å². The van der Waals surface area contributed by atoms with Gasteiger partial charge in [0.1, 0.15) is 0 Å². The highest BCUT2D eigenvalue weighted by Crippen LogP contribution is 2.34. The SMILES string of the molecule is CCNS(=O)(=O)c1ccc(Nc2c3ccccc3nc3cc(N)ccc23)cc1.Cl. The highest BCUT2D eigenvalue weighted by molar-refractivity contribution is 7.89. The third-order valence-electron chi connectivity index (χ3n) is 4.47. The Balaban J connectivity index is 0.00000240. The fourth-order valence-corrected chi connectivity index (χ4v) is 4.22. The lowest BCUT2D eigenvalue weighted by Crippen LogP contribution is -2.22. The molecule has 0 spiro atoms. The van der Waals surface area contributed by atoms with Crippen LogP contribution in [-0.4, -0.2) is 19.9 Å². The van der Waals surface area contributed by atoms with Crippen molar-refractivity contribution in [3.8, 4) is 0 Å². The fourth-order valence-electron chi connectivity index (χ4n) is 3.18. The molecule has 4 rings (SSSR count). The van der Waals surface area contributed by atoms with Gasteiger partial charge in [0.15, 0.2) is 0 Å². The maximum Gasteiger partial charge on any atom is 0.240 e. The van der Waals surface area contributed by atoms with Crippen LogP contribution in [-0.2, 0) is 10.0 Å². The first kappa shape index (κ1) is 20.9. The molecule has 6 nitrogen and oxygen atoms in total. The van der Waals surface area contributed by atoms with E-state index in [0.717, 1.165) is 33.2 Å². The van der Waals surface area contributed by atoms with Gasteiger partial charge in [-0.2, -0.15) is 0 Å². The van der Waals surface area contributed by atoms with Gasteiger partial charge in [0.05, 0.1) is 21.6 Å². The third-order valence-corrected chi connectivity index (χ3v) is 6.04. The van der Waals surface area contributed by atoms with Crippen LogP contribution in [0.5, 0.6) is 0 Å². The minimum atomic E-state index is -3.48. The van der Waals surface area contributed by atoms with E-state index in [1.54, 1.807) is 31.2 Å². The molecular formula is C21H21ClN4O2S. The minimum absolute atomic E-state index is 0. The largest absolute Gasteiger partial charge is 0.399 e. The highest BCUT2D eigenvalue weighted by Gasteiger charge is 2.13. The highest BCUT2D eigenvalue weighted by atomic mass is 35.5. The average Bonchev–Trinajstić information content (AvgIpc) is 2.68. The average molecular weight is 429 g/mol. The number of aromatic nitrogens is 1. The van der Waals surface area contributed by atoms with Crippen LogP contribution in [0.3, 0.4) is 0 Å². The van der Waals surface area contributed by atoms with Gasteiger partial charge in [-0.3, -0.25) is 0 Å². The van der Waals surface area contributed by atoms with Crippen molar-refractivity contribution in [2.45, 2.75) is 11.8 Å². The molecule has 0 atom stereocenters. The number of rotatable bonds is 5. The van der Waals surface area contributed by atoms with Crippen molar-refractivity contribution in [1.82, 2.24) is 9.71 Å². The zero-order valence-corrected chi connectivity index (χ0v) is 17.3. The van der Waals surface area contributed by atoms with Crippen LogP contribution in [0.1, 0.15) is 6.92 Å². The molecular weight excluding hydrogens is 408 g/mol. The van der Waals surface area contributed by atoms with E-state index in [2.05, 4.69) is 10.0 Å². The minimum Gasteiger partial charge on any atom is -0.399 e. The van der Waals surface area contributed by atoms with Crippen molar-refractivity contribution in [2.75, 3.05) is 17.6 Å². The van der Waals surface area contributed by atoms with Crippen molar-refractivity contribution in [3.05, 3.63) is 66.7 Å². The van der Waals surface area contributed by atoms with Crippen LogP contribution in [0.15, 0.2) is 71.6 Å². The lowest BCUT2D eigenvalue weighted by molar-refractivity contribution is 0.584. The number of para-hydroxylation sites is 1. The van der Waals surface area contributed by atoms with E-state index in [0.29, 0.717) is 12.2 Å². The maximum atomic E-state index is 12.1. The summed E-state index contributed by atoms with van der Waals surface area (Å²) in [5, 5.41) is 5.34. The Morgan fingerprint density at radius 2 is 1.62 bits per heavy atom. The molecule has 1 aromatic heterocycles. The van der Waals surface area contributed by atoms with Gasteiger partial charge in [0.2, 0.25) is 10.0 Å². The molecule has 150 valence electrons. The third kappa shape index (κ3) is 4.12. The van der Waals surface area contributed by atoms with E-state index in [4.69, 9.17) is 10.7 Å². The van der Waals surface area contributed by atoms with Crippen molar-refractivity contribution in [1.29, 1.82) is 0 Å². The number of hydrogen-bond acceptors (Lipinski definition) is 5. The predicted molar refractivity (Wildman–Crippen MR) is 121 cm³/mol. The van der Waals surface area contributed by atoms with Crippen LogP contribution in [0.25, 0.3) is 21.8 Å². The molecule has 0 amide bonds. The normalized spacial score (nSPS) is 11.3. The summed E-state index contributed by atoms with van der Waals surface area (Å²) in [6.07, 6.45) is 0. The van der Waals surface area contributed by atoms with Crippen LogP contribution in [0, 0.1) is 0 Å². The van der Waals surface area contributed by atoms with Crippen LogP contribution in [0.2, 0.25) is 0 Å². The molecule has 8 heteroatoms. The van der Waals surface area contributed by atoms with E-state index in [1.165, 1.54) is 0 Å². The van der Waals surface area contributed by atoms with Crippen molar-refractivity contribution in [2.24, 2.45) is 0 Å². The summed E-state index contributed by atoms with van der Waals surface area (Å²) in [5.74, 6) is 0. The molecule has 0 saturated carbocycles. The quantitative estimate of drug-likeness (QED) is 0.322. The molecule has 4 N–H and O–H groups in total. The Bertz CT molecular complexity index is 1280. The van der Waals surface area contributed by atoms with Gasteiger partial charge in [-0.1, -0.05) is 25.1 Å². The smallest absolute Gasteiger partial charge is 0.240 e. The Kier molecular flexibility index (Phi) is 5.93. The predicted octanol–water partition coefficient (Wildman–Crippen LogP) is 4.43. The molecule has 0 aliphatic carbocycles. The zero-order chi connectivity index (χ0) is 19.7. The number of nitrogens with zero attached hydrogens (tertiary/aromatic N) is 1. The van der Waals surface area contributed by atoms with Gasteiger partial charge in [0.25, 0.3) is 0 Å². The van der Waals surface area contributed by atoms with Gasteiger partial charge < -0.3 is 11.1 Å². The number of sulfonamides is 1. The number of pyridine rings is 1. The van der Waals surface area contributed by atoms with E-state index < -0.39 is 10.0 Å². The maximum absolute atomic E-state index is 12.1. The molecule has 0 aliphatic heterocycles. The molecule has 0 aliphatic rings. The second-order valence-electron chi connectivity index (χ2n) is 6.43. The molecule has 4 aromatic rings. The lowest BCUT2D eigenvalue weighted by atomic mass is 10.1. The summed E-state index contributed by atoms with van der Waals surface area (Å²) >= 11 is 0. The molecule has 29 heavy (non-hydrogen) atoms. The Morgan fingerprint density at radius 3 is 2.34 bits per heavy atom. The Morgan fingerprint density at radius 1 is 0.931 bits per heavy atom. The summed E-state index contributed by atoms with van der Waals surface area (Å²) < 4.78 is 26.8. The van der Waals surface area contributed by atoms with Gasteiger partial charge in [-0.25, -0.2) is 18.1 Å². The van der Waals surface area contributed by atoms with Gasteiger partial charge in [-0.15, -0.1) is 12.4 Å². The molecule has 0 unspecified atom stereocenters. The second kappa shape index (κ2) is 8.24. The van der Waals surface area contributed by atoms with E-state index in [1.807, 2.05) is 42.5 Å². The van der Waals surface area contributed by atoms with Gasteiger partial charge in [-0.05, 0) is 48.5 Å². The lowest BCUT2D eigenvalue weighted by Gasteiger charge is -2.14. The molecule has 0 bridgehead atoms. The first-order valence-corrected chi connectivity index (χ1v) is 10.4. The van der Waals surface area contributed by atoms with E-state index in [-0.39, 0.29) is 17.3 Å². The number of hydrogen-bond donors (Lipinski definition) is 3. The number of benzene rings is 3. The number of fused-ring (bicyclic) bond motifs is 2. The molecule has 0 radical (unpaired) electrons. The van der Waals surface area contributed by atoms with E-state index in [9.17, 15) is 8.42 Å². The fraction of sp³-hybridized carbons (Fsp3) is 0.0952. The summed E-state index contributed by atoms with van der Waals surface area (Å²) in [4.78, 5) is 4.93. The van der Waals surface area contributed by atoms with Crippen molar-refractivity contribution in [3.63, 3.8) is 0 Å². The first-order chi connectivity index (χ1) is 13.5. The number of anilines is 3. The molecule has 3 aromatic carbocycles. The van der Waals surface area contributed by atoms with Crippen molar-refractivity contribution >= 4 is 61.3 Å². The number of nitrogens with two attached hydrogens (primary N) is 1. The topological polar surface area (TPSA) is 97.1 Å². The zero-order valence-electron chi connectivity index (χ0n) is 15.7. The number of halogens is 1. The number of nitrogen functional groups attached to an aromatic ring is 1. The molecule has 1 heterocycles. The standard InChI is InChI=1S/C21H20N4O2S.ClH/c1-2-23-28(26,27)16-10-8-15(9-11-16)24-21-17-5-3-4-6-19(17)25-20-13-14(22)7-12-18(20)21;/h3-13,23H,2,22H2,1H3,(H,24,25);1H. The van der Waals surface area contributed by atoms with Gasteiger partial charge >= 0.3 is 0 Å². The Hall–Kier alpha value is -2.87. The molecule has 0 fully saturated rings.